The van der Waals surface area contributed by atoms with E-state index >= 15 is 0 Å². The monoisotopic (exact) mass is 381 g/mol. The van der Waals surface area contributed by atoms with Crippen LogP contribution in [0.1, 0.15) is 17.9 Å². The van der Waals surface area contributed by atoms with E-state index in [0.717, 1.165) is 17.3 Å². The molecule has 2 aromatic rings. The van der Waals surface area contributed by atoms with E-state index in [0.29, 0.717) is 6.54 Å². The Balaban J connectivity index is 2.26. The van der Waals surface area contributed by atoms with E-state index in [-0.39, 0.29) is 33.9 Å². The molecule has 10 heteroatoms. The number of hydrogen-bond acceptors (Lipinski definition) is 8. The van der Waals surface area contributed by atoms with Gasteiger partial charge in [0.2, 0.25) is 21.6 Å². The molecule has 0 aromatic carbocycles. The molecule has 9 nitrogen and oxygen atoms in total. The van der Waals surface area contributed by atoms with Crippen LogP contribution in [0, 0.1) is 18.3 Å². The van der Waals surface area contributed by atoms with Crippen molar-refractivity contribution >= 4 is 15.9 Å². The molecule has 0 amide bonds. The van der Waals surface area contributed by atoms with Crippen molar-refractivity contribution in [3.8, 4) is 17.7 Å². The highest BCUT2D eigenvalue weighted by Gasteiger charge is 2.26. The number of anilines is 1. The number of hydrogen-bond donors (Lipinski definition) is 1. The van der Waals surface area contributed by atoms with Crippen molar-refractivity contribution in [3.63, 3.8) is 0 Å². The Morgan fingerprint density at radius 2 is 1.96 bits per heavy atom. The van der Waals surface area contributed by atoms with Crippen molar-refractivity contribution in [2.45, 2.75) is 18.2 Å². The third kappa shape index (κ3) is 4.24. The van der Waals surface area contributed by atoms with Crippen LogP contribution in [-0.4, -0.2) is 63.9 Å². The predicted octanol–water partition coefficient (Wildman–Crippen LogP) is 1.73. The van der Waals surface area contributed by atoms with Crippen LogP contribution in [0.15, 0.2) is 19.8 Å². The van der Waals surface area contributed by atoms with Gasteiger partial charge in [0, 0.05) is 26.7 Å². The molecule has 0 bridgehead atoms. The van der Waals surface area contributed by atoms with Crippen LogP contribution in [0.5, 0.6) is 0 Å². The number of nitrogens with one attached hydrogen (secondary N) is 1. The van der Waals surface area contributed by atoms with Crippen molar-refractivity contribution in [2.75, 3.05) is 46.6 Å². The molecule has 0 aliphatic carbocycles. The lowest BCUT2D eigenvalue weighted by Gasteiger charge is -2.09. The van der Waals surface area contributed by atoms with Crippen molar-refractivity contribution in [3.05, 3.63) is 17.5 Å². The van der Waals surface area contributed by atoms with Crippen molar-refractivity contribution < 1.29 is 17.3 Å². The Hall–Kier alpha value is -2.35. The summed E-state index contributed by atoms with van der Waals surface area (Å²) in [6.07, 6.45) is 0.860. The van der Waals surface area contributed by atoms with E-state index in [9.17, 15) is 13.7 Å². The average Bonchev–Trinajstić information content (AvgIpc) is 3.14. The second-order valence-corrected chi connectivity index (χ2v) is 8.33. The summed E-state index contributed by atoms with van der Waals surface area (Å²) >= 11 is 0. The zero-order chi connectivity index (χ0) is 19.5. The van der Waals surface area contributed by atoms with E-state index in [1.54, 1.807) is 6.92 Å². The molecule has 2 aromatic heterocycles. The van der Waals surface area contributed by atoms with Gasteiger partial charge >= 0.3 is 0 Å². The van der Waals surface area contributed by atoms with Crippen LogP contribution in [0.2, 0.25) is 0 Å². The zero-order valence-corrected chi connectivity index (χ0v) is 16.3. The van der Waals surface area contributed by atoms with Gasteiger partial charge in [-0.3, -0.25) is 0 Å². The van der Waals surface area contributed by atoms with Crippen molar-refractivity contribution in [1.29, 1.82) is 5.26 Å². The van der Waals surface area contributed by atoms with Crippen molar-refractivity contribution in [1.82, 2.24) is 14.2 Å². The Labute approximate surface area is 153 Å². The third-order valence-electron chi connectivity index (χ3n) is 3.64. The third-order valence-corrected chi connectivity index (χ3v) is 5.56. The molecule has 2 heterocycles. The lowest BCUT2D eigenvalue weighted by molar-refractivity contribution is 0.404. The summed E-state index contributed by atoms with van der Waals surface area (Å²) < 4.78 is 36.8. The van der Waals surface area contributed by atoms with Gasteiger partial charge in [-0.25, -0.2) is 12.7 Å². The zero-order valence-electron chi connectivity index (χ0n) is 15.5. The topological polar surface area (TPSA) is 116 Å². The number of aryl methyl sites for hydroxylation is 1. The molecule has 0 saturated carbocycles. The van der Waals surface area contributed by atoms with Gasteiger partial charge in [0.1, 0.15) is 16.7 Å². The molecule has 0 fully saturated rings. The number of nitrogens with zero attached hydrogens (tertiary/aromatic N) is 4. The van der Waals surface area contributed by atoms with E-state index in [1.165, 1.54) is 20.2 Å². The highest BCUT2D eigenvalue weighted by molar-refractivity contribution is 7.89. The fourth-order valence-corrected chi connectivity index (χ4v) is 3.30. The summed E-state index contributed by atoms with van der Waals surface area (Å²) in [5, 5.41) is 12.3. The normalized spacial score (nSPS) is 11.9. The van der Waals surface area contributed by atoms with Crippen LogP contribution >= 0.6 is 0 Å². The fraction of sp³-hybridized carbons (Fsp3) is 0.500. The van der Waals surface area contributed by atoms with Crippen LogP contribution in [-0.2, 0) is 10.0 Å². The average molecular weight is 381 g/mol. The predicted molar refractivity (Wildman–Crippen MR) is 96.2 cm³/mol. The summed E-state index contributed by atoms with van der Waals surface area (Å²) in [6.45, 7) is 3.05. The smallest absolute Gasteiger partial charge is 0.266 e. The minimum atomic E-state index is -3.64. The molecule has 0 aliphatic heterocycles. The molecule has 2 rings (SSSR count). The van der Waals surface area contributed by atoms with Crippen LogP contribution in [0.25, 0.3) is 11.7 Å². The Morgan fingerprint density at radius 1 is 1.27 bits per heavy atom. The second kappa shape index (κ2) is 7.90. The Morgan fingerprint density at radius 3 is 2.54 bits per heavy atom. The van der Waals surface area contributed by atoms with E-state index < -0.39 is 10.0 Å². The summed E-state index contributed by atoms with van der Waals surface area (Å²) in [5.74, 6) is 0.680. The maximum absolute atomic E-state index is 12.3. The van der Waals surface area contributed by atoms with Gasteiger partial charge in [0.05, 0.1) is 0 Å². The standard InChI is InChI=1S/C16H23N5O4S/c1-11-14(26(22,23)21(4)5)9-13(24-11)16-19-12(10-17)15(25-16)18-7-6-8-20(2)3/h9,18H,6-8H2,1-5H3. The van der Waals surface area contributed by atoms with E-state index in [2.05, 4.69) is 15.2 Å². The number of aromatic nitrogens is 1. The maximum Gasteiger partial charge on any atom is 0.266 e. The highest BCUT2D eigenvalue weighted by Crippen LogP contribution is 2.31. The van der Waals surface area contributed by atoms with Gasteiger partial charge in [0.15, 0.2) is 5.76 Å². The molecule has 0 spiro atoms. The summed E-state index contributed by atoms with van der Waals surface area (Å²) in [6, 6.07) is 3.31. The Kier molecular flexibility index (Phi) is 6.07. The van der Waals surface area contributed by atoms with Gasteiger partial charge < -0.3 is 19.1 Å². The first kappa shape index (κ1) is 20.0. The summed E-state index contributed by atoms with van der Waals surface area (Å²) in [7, 11) is 3.19. The molecule has 0 radical (unpaired) electrons. The molecular weight excluding hydrogens is 358 g/mol. The first-order valence-corrected chi connectivity index (χ1v) is 9.43. The first-order chi connectivity index (χ1) is 12.2. The first-order valence-electron chi connectivity index (χ1n) is 7.99. The lowest BCUT2D eigenvalue weighted by atomic mass is 10.4. The molecule has 142 valence electrons. The largest absolute Gasteiger partial charge is 0.455 e. The summed E-state index contributed by atoms with van der Waals surface area (Å²) in [4.78, 5) is 6.18. The minimum Gasteiger partial charge on any atom is -0.455 e. The molecule has 0 saturated heterocycles. The number of furan rings is 1. The number of oxazole rings is 1. The van der Waals surface area contributed by atoms with Crippen LogP contribution < -0.4 is 5.32 Å². The molecule has 1 N–H and O–H groups in total. The van der Waals surface area contributed by atoms with Crippen LogP contribution in [0.3, 0.4) is 0 Å². The molecule has 0 atom stereocenters. The number of rotatable bonds is 8. The Bertz CT molecular complexity index is 906. The van der Waals surface area contributed by atoms with Crippen molar-refractivity contribution in [2.24, 2.45) is 0 Å². The van der Waals surface area contributed by atoms with Gasteiger partial charge in [-0.15, -0.1) is 0 Å². The molecule has 26 heavy (non-hydrogen) atoms. The van der Waals surface area contributed by atoms with E-state index in [1.807, 2.05) is 20.2 Å². The minimum absolute atomic E-state index is 0.0368. The molecule has 0 aliphatic rings. The van der Waals surface area contributed by atoms with Gasteiger partial charge in [-0.1, -0.05) is 0 Å². The van der Waals surface area contributed by atoms with E-state index in [4.69, 9.17) is 8.83 Å². The van der Waals surface area contributed by atoms with Gasteiger partial charge in [-0.2, -0.15) is 10.2 Å². The second-order valence-electron chi connectivity index (χ2n) is 6.21. The van der Waals surface area contributed by atoms with Gasteiger partial charge in [-0.05, 0) is 34.0 Å². The maximum atomic E-state index is 12.3. The quantitative estimate of drug-likeness (QED) is 0.687. The SMILES string of the molecule is Cc1oc(-c2nc(C#N)c(NCCCN(C)C)o2)cc1S(=O)(=O)N(C)C. The molecule has 0 unspecified atom stereocenters. The van der Waals surface area contributed by atoms with Gasteiger partial charge in [0.25, 0.3) is 5.89 Å². The fourth-order valence-electron chi connectivity index (χ4n) is 2.24. The highest BCUT2D eigenvalue weighted by atomic mass is 32.2. The summed E-state index contributed by atoms with van der Waals surface area (Å²) in [5.41, 5.74) is 0.0934. The number of nitriles is 1. The number of sulfonamides is 1. The molecular formula is C16H23N5O4S. The van der Waals surface area contributed by atoms with Crippen LogP contribution in [0.4, 0.5) is 5.88 Å². The lowest BCUT2D eigenvalue weighted by Crippen LogP contribution is -2.22.